The molecule has 0 amide bonds. The van der Waals surface area contributed by atoms with Gasteiger partial charge in [0.25, 0.3) is 0 Å². The molecule has 0 bridgehead atoms. The predicted octanol–water partition coefficient (Wildman–Crippen LogP) is 16.0. The van der Waals surface area contributed by atoms with Gasteiger partial charge in [-0.05, 0) is 91.6 Å². The van der Waals surface area contributed by atoms with E-state index < -0.39 is 130 Å². The molecule has 0 saturated carbocycles. The molecule has 1 aliphatic carbocycles. The lowest BCUT2D eigenvalue weighted by Crippen LogP contribution is -2.40. The van der Waals surface area contributed by atoms with Crippen molar-refractivity contribution in [3.63, 3.8) is 0 Å². The summed E-state index contributed by atoms with van der Waals surface area (Å²) in [6.45, 7) is 2.39. The fourth-order valence-electron chi connectivity index (χ4n) is 7.02. The minimum Gasteiger partial charge on any atom is -0.334 e. The number of rotatable bonds is 9. The van der Waals surface area contributed by atoms with Gasteiger partial charge in [-0.15, -0.1) is 0 Å². The van der Waals surface area contributed by atoms with Crippen LogP contribution >= 0.6 is 0 Å². The topological polar surface area (TPSA) is 6.48 Å². The van der Waals surface area contributed by atoms with Crippen molar-refractivity contribution in [2.75, 3.05) is 16.3 Å². The van der Waals surface area contributed by atoms with Crippen molar-refractivity contribution < 1.29 is 87.8 Å². The first-order chi connectivity index (χ1) is 29.9. The highest BCUT2D eigenvalue weighted by Crippen LogP contribution is 2.47. The van der Waals surface area contributed by atoms with Gasteiger partial charge in [0.15, 0.2) is 41.1 Å². The van der Waals surface area contributed by atoms with Gasteiger partial charge in [0.2, 0.25) is 0 Å². The van der Waals surface area contributed by atoms with Crippen LogP contribution in [0.4, 0.5) is 111 Å². The average molecular weight is 953 g/mol. The molecule has 4 aromatic rings. The van der Waals surface area contributed by atoms with Crippen LogP contribution in [0.3, 0.4) is 0 Å². The molecule has 22 heteroatoms. The van der Waals surface area contributed by atoms with Gasteiger partial charge in [0.05, 0.1) is 17.2 Å². The van der Waals surface area contributed by atoms with Gasteiger partial charge in [-0.1, -0.05) is 30.4 Å². The van der Waals surface area contributed by atoms with E-state index in [1.165, 1.54) is 32.0 Å². The van der Waals surface area contributed by atoms with E-state index in [4.69, 9.17) is 0 Å². The van der Waals surface area contributed by atoms with E-state index >= 15 is 22.0 Å². The first-order valence-electron chi connectivity index (χ1n) is 18.4. The summed E-state index contributed by atoms with van der Waals surface area (Å²) in [6.07, 6.45) is -25.1. The van der Waals surface area contributed by atoms with Crippen LogP contribution < -0.4 is 9.80 Å². The molecular weight excluding hydrogens is 924 g/mol. The monoisotopic (exact) mass is 952 g/mol. The quantitative estimate of drug-likeness (QED) is 0.0937. The minimum atomic E-state index is -5.94. The average Bonchev–Trinajstić information content (AvgIpc) is 3.27. The third kappa shape index (κ3) is 10.1. The zero-order valence-corrected chi connectivity index (χ0v) is 33.0. The summed E-state index contributed by atoms with van der Waals surface area (Å²) in [5.74, 6) is -18.6. The molecule has 0 aromatic heterocycles. The Kier molecular flexibility index (Phi) is 14.0. The third-order valence-corrected chi connectivity index (χ3v) is 10.0. The van der Waals surface area contributed by atoms with Crippen LogP contribution in [-0.4, -0.2) is 31.1 Å². The van der Waals surface area contributed by atoms with Gasteiger partial charge >= 0.3 is 24.7 Å². The van der Waals surface area contributed by atoms with Crippen molar-refractivity contribution in [2.24, 2.45) is 0 Å². The Morgan fingerprint density at radius 1 is 0.646 bits per heavy atom. The molecular formula is C43H28F20N2. The summed E-state index contributed by atoms with van der Waals surface area (Å²) in [5, 5.41) is 0. The Morgan fingerprint density at radius 2 is 1.15 bits per heavy atom. The van der Waals surface area contributed by atoms with Crippen molar-refractivity contribution in [3.8, 4) is 11.1 Å². The number of aryl methyl sites for hydroxylation is 2. The summed E-state index contributed by atoms with van der Waals surface area (Å²) >= 11 is 0. The van der Waals surface area contributed by atoms with Gasteiger partial charge in [-0.25, -0.2) is 35.1 Å². The van der Waals surface area contributed by atoms with Crippen molar-refractivity contribution in [3.05, 3.63) is 153 Å². The number of hydrogen-bond donors (Lipinski definition) is 0. The van der Waals surface area contributed by atoms with E-state index in [2.05, 4.69) is 0 Å². The van der Waals surface area contributed by atoms with E-state index in [0.29, 0.717) is 52.3 Å². The maximum Gasteiger partial charge on any atom is 0.422 e. The number of nitrogens with zero attached hydrogens (tertiary/aromatic N) is 2. The molecule has 65 heavy (non-hydrogen) atoms. The summed E-state index contributed by atoms with van der Waals surface area (Å²) < 4.78 is 283. The van der Waals surface area contributed by atoms with Gasteiger partial charge in [0.1, 0.15) is 22.7 Å². The van der Waals surface area contributed by atoms with Gasteiger partial charge in [0, 0.05) is 30.0 Å². The largest absolute Gasteiger partial charge is 0.422 e. The van der Waals surface area contributed by atoms with E-state index in [0.717, 1.165) is 25.1 Å². The summed E-state index contributed by atoms with van der Waals surface area (Å²) in [7, 11) is 0. The number of hydrogen-bond acceptors (Lipinski definition) is 2. The third-order valence-electron chi connectivity index (χ3n) is 10.0. The van der Waals surface area contributed by atoms with Crippen LogP contribution in [0.15, 0.2) is 108 Å². The van der Waals surface area contributed by atoms with Crippen molar-refractivity contribution in [1.82, 2.24) is 0 Å². The molecule has 2 nitrogen and oxygen atoms in total. The zero-order valence-electron chi connectivity index (χ0n) is 33.0. The molecule has 0 fully saturated rings. The molecule has 0 heterocycles. The highest BCUT2D eigenvalue weighted by Gasteiger charge is 2.49. The highest BCUT2D eigenvalue weighted by molar-refractivity contribution is 5.77. The van der Waals surface area contributed by atoms with Crippen LogP contribution in [0.25, 0.3) is 11.1 Å². The first-order valence-corrected chi connectivity index (χ1v) is 18.4. The van der Waals surface area contributed by atoms with E-state index in [1.54, 1.807) is 0 Å². The number of allylic oxidation sites excluding steroid dienone is 5. The number of halogens is 20. The number of benzene rings is 4. The van der Waals surface area contributed by atoms with Crippen molar-refractivity contribution in [2.45, 2.75) is 64.1 Å². The summed E-state index contributed by atoms with van der Waals surface area (Å²) in [6, 6.07) is 6.83. The maximum atomic E-state index is 15.9. The van der Waals surface area contributed by atoms with E-state index in [9.17, 15) is 65.9 Å². The van der Waals surface area contributed by atoms with Crippen LogP contribution in [0.5, 0.6) is 0 Å². The van der Waals surface area contributed by atoms with E-state index in [1.807, 2.05) is 0 Å². The minimum absolute atomic E-state index is 0.0260. The Hall–Kier alpha value is -5.96. The SMILES string of the molecule is C/C=C(\C=C/CN(c1ccc(-c2ccc(N(c3ccc(C(F)(F)F)cc3)[C@H]3CC(F)=C(F)C(C(F)(F)F)=C(F)C3F)c(C)c2)cc1C)c1c(F)c(F)c(C(F)(F)F)c(F)c1F)C(F)(F)F. The van der Waals surface area contributed by atoms with Crippen molar-refractivity contribution >= 4 is 22.7 Å². The normalized spacial score (nSPS) is 17.1. The molecule has 0 spiro atoms. The maximum absolute atomic E-state index is 15.9. The molecule has 4 aromatic carbocycles. The van der Waals surface area contributed by atoms with Gasteiger partial charge < -0.3 is 9.80 Å². The molecule has 5 rings (SSSR count). The van der Waals surface area contributed by atoms with Gasteiger partial charge in [-0.3, -0.25) is 0 Å². The second-order valence-corrected chi connectivity index (χ2v) is 14.3. The van der Waals surface area contributed by atoms with Crippen LogP contribution in [0.2, 0.25) is 0 Å². The summed E-state index contributed by atoms with van der Waals surface area (Å²) in [4.78, 5) is 1.000. The molecule has 1 unspecified atom stereocenters. The standard InChI is InChI=1S/C43H28F20N2/c1-4-23(40(52,53)54)6-5-15-64(39-37(50)35(48)31(43(61,62)63)36(49)38(39)51)27-13-7-21(16-19(27)2)22-8-14-28(20(3)17-22)65(25-11-9-24(10-12-25)41(55,56)57)29-18-26(44)32(45)30(42(58,59)60)34(47)33(29)46/h4-14,16-17,29,33H,15,18H2,1-3H3/b6-5-,23-4+/t29-,33?/m0/s1. The first kappa shape index (κ1) is 50.0. The second-order valence-electron chi connectivity index (χ2n) is 14.3. The lowest BCUT2D eigenvalue weighted by molar-refractivity contribution is -0.143. The number of anilines is 4. The molecule has 1 aliphatic rings. The van der Waals surface area contributed by atoms with Crippen LogP contribution in [0, 0.1) is 37.1 Å². The summed E-state index contributed by atoms with van der Waals surface area (Å²) in [5.41, 5.74) is -11.2. The molecule has 0 saturated heterocycles. The fourth-order valence-corrected chi connectivity index (χ4v) is 7.02. The Bertz CT molecular complexity index is 2550. The molecule has 0 aliphatic heterocycles. The number of alkyl halides is 13. The predicted molar refractivity (Wildman–Crippen MR) is 199 cm³/mol. The molecule has 2 atom stereocenters. The lowest BCUT2D eigenvalue weighted by Gasteiger charge is -2.36. The molecule has 0 radical (unpaired) electrons. The lowest BCUT2D eigenvalue weighted by atomic mass is 9.97. The smallest absolute Gasteiger partial charge is 0.334 e. The Labute approximate surface area is 355 Å². The Balaban J connectivity index is 1.65. The Morgan fingerprint density at radius 3 is 1.58 bits per heavy atom. The second kappa shape index (κ2) is 18.1. The fraction of sp³-hybridized carbons (Fsp3) is 0.256. The van der Waals surface area contributed by atoms with Crippen LogP contribution in [0.1, 0.15) is 35.6 Å². The van der Waals surface area contributed by atoms with Gasteiger partial charge in [-0.2, -0.15) is 52.7 Å². The highest BCUT2D eigenvalue weighted by atomic mass is 19.4. The molecule has 350 valence electrons. The zero-order chi connectivity index (χ0) is 48.9. The van der Waals surface area contributed by atoms with E-state index in [-0.39, 0.29) is 27.9 Å². The van der Waals surface area contributed by atoms with Crippen LogP contribution in [-0.2, 0) is 12.4 Å². The molecule has 0 N–H and O–H groups in total. The van der Waals surface area contributed by atoms with Crippen molar-refractivity contribution in [1.29, 1.82) is 0 Å².